The highest BCUT2D eigenvalue weighted by Crippen LogP contribution is 2.42. The molecular formula is C14H15NO2. The summed E-state index contributed by atoms with van der Waals surface area (Å²) >= 11 is 0. The third-order valence-corrected chi connectivity index (χ3v) is 3.88. The Labute approximate surface area is 100 Å². The number of fused-ring (bicyclic) bond motifs is 3. The number of nitrogens with zero attached hydrogens (tertiary/aromatic N) is 1. The Balaban J connectivity index is 2.19. The van der Waals surface area contributed by atoms with E-state index in [1.165, 1.54) is 11.1 Å². The minimum atomic E-state index is -0.390. The zero-order chi connectivity index (χ0) is 12.0. The molecule has 2 heterocycles. The summed E-state index contributed by atoms with van der Waals surface area (Å²) in [6, 6.07) is 8.04. The number of carbonyl (C=O) groups is 1. The summed E-state index contributed by atoms with van der Waals surface area (Å²) in [5.41, 5.74) is 2.01. The van der Waals surface area contributed by atoms with Crippen molar-refractivity contribution < 1.29 is 9.90 Å². The lowest BCUT2D eigenvalue weighted by molar-refractivity contribution is -0.133. The molecule has 3 heteroatoms. The lowest BCUT2D eigenvalue weighted by Gasteiger charge is -2.45. The molecule has 1 aromatic rings. The first-order chi connectivity index (χ1) is 8.16. The van der Waals surface area contributed by atoms with Crippen LogP contribution in [0.4, 0.5) is 0 Å². The minimum absolute atomic E-state index is 0.000975. The van der Waals surface area contributed by atoms with Crippen molar-refractivity contribution in [3.63, 3.8) is 0 Å². The molecule has 0 bridgehead atoms. The average Bonchev–Trinajstić information content (AvgIpc) is 2.66. The van der Waals surface area contributed by atoms with Gasteiger partial charge in [-0.15, -0.1) is 0 Å². The zero-order valence-corrected chi connectivity index (χ0v) is 9.76. The second-order valence-electron chi connectivity index (χ2n) is 4.89. The van der Waals surface area contributed by atoms with Crippen LogP contribution < -0.4 is 0 Å². The monoisotopic (exact) mass is 229 g/mol. The molecule has 0 radical (unpaired) electrons. The van der Waals surface area contributed by atoms with E-state index in [1.54, 1.807) is 11.0 Å². The first-order valence-electron chi connectivity index (χ1n) is 5.88. The number of benzene rings is 1. The number of hydrogen-bond acceptors (Lipinski definition) is 2. The number of carbonyl (C=O) groups excluding carboxylic acids is 1. The van der Waals surface area contributed by atoms with E-state index in [-0.39, 0.29) is 24.1 Å². The summed E-state index contributed by atoms with van der Waals surface area (Å²) in [5, 5.41) is 9.47. The quantitative estimate of drug-likeness (QED) is 0.786. The Kier molecular flexibility index (Phi) is 2.13. The van der Waals surface area contributed by atoms with Gasteiger partial charge < -0.3 is 10.0 Å². The average molecular weight is 229 g/mol. The number of aliphatic hydroxyl groups excluding tert-OH is 1. The van der Waals surface area contributed by atoms with Gasteiger partial charge in [0.05, 0.1) is 18.2 Å². The number of amides is 1. The number of hydrogen-bond donors (Lipinski definition) is 1. The van der Waals surface area contributed by atoms with E-state index in [0.717, 1.165) is 6.42 Å². The molecular weight excluding hydrogens is 214 g/mol. The number of rotatable bonds is 1. The van der Waals surface area contributed by atoms with Gasteiger partial charge >= 0.3 is 0 Å². The van der Waals surface area contributed by atoms with Gasteiger partial charge in [-0.2, -0.15) is 0 Å². The van der Waals surface area contributed by atoms with Crippen LogP contribution in [0.1, 0.15) is 18.1 Å². The van der Waals surface area contributed by atoms with E-state index in [1.807, 2.05) is 25.1 Å². The SMILES string of the molecule is C[C@@]12C=CC(=O)N1[C@H](CO)Cc1ccccc12. The highest BCUT2D eigenvalue weighted by molar-refractivity contribution is 5.92. The summed E-state index contributed by atoms with van der Waals surface area (Å²) in [6.07, 6.45) is 4.29. The molecule has 0 aliphatic carbocycles. The Bertz CT molecular complexity index is 509. The molecule has 2 atom stereocenters. The van der Waals surface area contributed by atoms with E-state index in [2.05, 4.69) is 12.1 Å². The standard InChI is InChI=1S/C14H15NO2/c1-14-7-6-13(17)15(14)11(9-16)8-10-4-2-3-5-12(10)14/h2-7,11,16H,8-9H2,1H3/t11-,14-/m0/s1. The maximum absolute atomic E-state index is 11.9. The van der Waals surface area contributed by atoms with Gasteiger partial charge in [-0.3, -0.25) is 4.79 Å². The molecule has 0 fully saturated rings. The molecule has 88 valence electrons. The van der Waals surface area contributed by atoms with Crippen LogP contribution in [0.5, 0.6) is 0 Å². The Morgan fingerprint density at radius 3 is 3.00 bits per heavy atom. The molecule has 0 spiro atoms. The van der Waals surface area contributed by atoms with Crippen LogP contribution in [0.2, 0.25) is 0 Å². The van der Waals surface area contributed by atoms with Crippen LogP contribution in [0.3, 0.4) is 0 Å². The van der Waals surface area contributed by atoms with Gasteiger partial charge in [-0.1, -0.05) is 24.3 Å². The van der Waals surface area contributed by atoms with Crippen molar-refractivity contribution in [2.24, 2.45) is 0 Å². The van der Waals surface area contributed by atoms with Crippen molar-refractivity contribution in [1.82, 2.24) is 4.90 Å². The second kappa shape index (κ2) is 3.44. The van der Waals surface area contributed by atoms with Gasteiger partial charge in [0.25, 0.3) is 0 Å². The van der Waals surface area contributed by atoms with Crippen molar-refractivity contribution in [2.75, 3.05) is 6.61 Å². The maximum Gasteiger partial charge on any atom is 0.247 e. The van der Waals surface area contributed by atoms with Crippen LogP contribution in [0.25, 0.3) is 0 Å². The summed E-state index contributed by atoms with van der Waals surface area (Å²) in [5.74, 6) is 0.000975. The van der Waals surface area contributed by atoms with Crippen LogP contribution in [0, 0.1) is 0 Å². The van der Waals surface area contributed by atoms with Crippen molar-refractivity contribution in [3.05, 3.63) is 47.5 Å². The maximum atomic E-state index is 11.9. The fraction of sp³-hybridized carbons (Fsp3) is 0.357. The van der Waals surface area contributed by atoms with E-state index in [4.69, 9.17) is 0 Å². The molecule has 3 nitrogen and oxygen atoms in total. The molecule has 1 amide bonds. The Morgan fingerprint density at radius 2 is 2.24 bits per heavy atom. The van der Waals surface area contributed by atoms with Gasteiger partial charge in [0.2, 0.25) is 5.91 Å². The molecule has 1 N–H and O–H groups in total. The molecule has 17 heavy (non-hydrogen) atoms. The largest absolute Gasteiger partial charge is 0.394 e. The molecule has 0 saturated carbocycles. The molecule has 1 aromatic carbocycles. The van der Waals surface area contributed by atoms with Gasteiger partial charge in [-0.05, 0) is 30.5 Å². The van der Waals surface area contributed by atoms with Crippen LogP contribution in [0.15, 0.2) is 36.4 Å². The zero-order valence-electron chi connectivity index (χ0n) is 9.76. The van der Waals surface area contributed by atoms with Crippen molar-refractivity contribution >= 4 is 5.91 Å². The normalized spacial score (nSPS) is 30.4. The van der Waals surface area contributed by atoms with Crippen LogP contribution >= 0.6 is 0 Å². The van der Waals surface area contributed by atoms with Gasteiger partial charge in [0.1, 0.15) is 0 Å². The highest BCUT2D eigenvalue weighted by Gasteiger charge is 2.46. The Morgan fingerprint density at radius 1 is 1.47 bits per heavy atom. The van der Waals surface area contributed by atoms with Crippen LogP contribution in [-0.2, 0) is 16.8 Å². The molecule has 0 aromatic heterocycles. The van der Waals surface area contributed by atoms with E-state index >= 15 is 0 Å². The molecule has 0 saturated heterocycles. The Hall–Kier alpha value is -1.61. The first kappa shape index (κ1) is 10.5. The van der Waals surface area contributed by atoms with Gasteiger partial charge in [-0.25, -0.2) is 0 Å². The van der Waals surface area contributed by atoms with Crippen molar-refractivity contribution in [1.29, 1.82) is 0 Å². The summed E-state index contributed by atoms with van der Waals surface area (Å²) in [7, 11) is 0. The lowest BCUT2D eigenvalue weighted by atomic mass is 9.80. The third kappa shape index (κ3) is 1.29. The second-order valence-corrected chi connectivity index (χ2v) is 4.89. The fourth-order valence-corrected chi connectivity index (χ4v) is 3.09. The van der Waals surface area contributed by atoms with Gasteiger partial charge in [0.15, 0.2) is 0 Å². The predicted octanol–water partition coefficient (Wildman–Crippen LogP) is 1.22. The smallest absolute Gasteiger partial charge is 0.247 e. The molecule has 3 rings (SSSR count). The molecule has 0 unspecified atom stereocenters. The summed E-state index contributed by atoms with van der Waals surface area (Å²) < 4.78 is 0. The molecule has 2 aliphatic rings. The first-order valence-corrected chi connectivity index (χ1v) is 5.88. The van der Waals surface area contributed by atoms with E-state index < -0.39 is 0 Å². The highest BCUT2D eigenvalue weighted by atomic mass is 16.3. The topological polar surface area (TPSA) is 40.5 Å². The summed E-state index contributed by atoms with van der Waals surface area (Å²) in [4.78, 5) is 13.7. The lowest BCUT2D eigenvalue weighted by Crippen LogP contribution is -2.54. The van der Waals surface area contributed by atoms with Crippen molar-refractivity contribution in [2.45, 2.75) is 24.9 Å². The fourth-order valence-electron chi connectivity index (χ4n) is 3.09. The molecule has 2 aliphatic heterocycles. The van der Waals surface area contributed by atoms with Crippen molar-refractivity contribution in [3.8, 4) is 0 Å². The minimum Gasteiger partial charge on any atom is -0.394 e. The predicted molar refractivity (Wildman–Crippen MR) is 64.4 cm³/mol. The van der Waals surface area contributed by atoms with E-state index in [9.17, 15) is 9.90 Å². The van der Waals surface area contributed by atoms with Crippen LogP contribution in [-0.4, -0.2) is 28.6 Å². The third-order valence-electron chi connectivity index (χ3n) is 3.88. The summed E-state index contributed by atoms with van der Waals surface area (Å²) in [6.45, 7) is 2.05. The number of aliphatic hydroxyl groups is 1. The van der Waals surface area contributed by atoms with Gasteiger partial charge in [0, 0.05) is 6.08 Å². The van der Waals surface area contributed by atoms with E-state index in [0.29, 0.717) is 0 Å².